The Hall–Kier alpha value is -1.15. The van der Waals surface area contributed by atoms with Gasteiger partial charge in [0.1, 0.15) is 10.6 Å². The monoisotopic (exact) mass is 301 g/mol. The summed E-state index contributed by atoms with van der Waals surface area (Å²) in [7, 11) is -0.637. The third-order valence-corrected chi connectivity index (χ3v) is 5.36. The Balaban J connectivity index is 2.38. The van der Waals surface area contributed by atoms with E-state index in [1.165, 1.54) is 17.5 Å². The van der Waals surface area contributed by atoms with Crippen LogP contribution >= 0.6 is 0 Å². The van der Waals surface area contributed by atoms with Crippen LogP contribution in [0.1, 0.15) is 12.0 Å². The van der Waals surface area contributed by atoms with Crippen LogP contribution in [0, 0.1) is 0 Å². The predicted octanol–water partition coefficient (Wildman–Crippen LogP) is 0.597. The lowest BCUT2D eigenvalue weighted by Gasteiger charge is -2.18. The summed E-state index contributed by atoms with van der Waals surface area (Å²) in [6.07, 6.45) is 0.606. The Morgan fingerprint density at radius 2 is 2.15 bits per heavy atom. The molecule has 1 saturated heterocycles. The third-order valence-electron chi connectivity index (χ3n) is 3.47. The molecule has 20 heavy (non-hydrogen) atoms. The van der Waals surface area contributed by atoms with Crippen LogP contribution in [0.15, 0.2) is 23.1 Å². The molecule has 0 spiro atoms. The summed E-state index contributed by atoms with van der Waals surface area (Å²) >= 11 is 0. The van der Waals surface area contributed by atoms with Crippen LogP contribution in [-0.4, -0.2) is 51.2 Å². The normalized spacial score (nSPS) is 20.2. The third kappa shape index (κ3) is 2.80. The molecule has 1 N–H and O–H groups in total. The molecule has 7 heteroatoms. The Morgan fingerprint density at radius 1 is 1.40 bits per heavy atom. The summed E-state index contributed by atoms with van der Waals surface area (Å²) in [5.74, 6) is 0.281. The maximum Gasteiger partial charge on any atom is 0.246 e. The van der Waals surface area contributed by atoms with Gasteiger partial charge in [-0.25, -0.2) is 8.42 Å². The van der Waals surface area contributed by atoms with Gasteiger partial charge in [0.05, 0.1) is 19.8 Å². The molecule has 1 aliphatic rings. The maximum atomic E-state index is 12.7. The minimum atomic E-state index is -3.64. The standard InChI is InChI=1S/C13H19NO5S/c1-18-11-5-6-14(8-11)20(16,17)13-7-10(9-15)3-4-12(13)19-2/h3-4,7,11,15H,5-6,8-9H2,1-2H3. The second-order valence-corrected chi connectivity index (χ2v) is 6.56. The van der Waals surface area contributed by atoms with E-state index in [1.807, 2.05) is 0 Å². The van der Waals surface area contributed by atoms with Gasteiger partial charge in [-0.2, -0.15) is 4.31 Å². The number of hydrogen-bond acceptors (Lipinski definition) is 5. The van der Waals surface area contributed by atoms with Gasteiger partial charge in [-0.3, -0.25) is 0 Å². The highest BCUT2D eigenvalue weighted by Crippen LogP contribution is 2.30. The first kappa shape index (κ1) is 15.2. The molecular weight excluding hydrogens is 282 g/mol. The molecule has 1 heterocycles. The van der Waals surface area contributed by atoms with Crippen molar-refractivity contribution < 1.29 is 23.0 Å². The van der Waals surface area contributed by atoms with Crippen LogP contribution in [0.5, 0.6) is 5.75 Å². The number of rotatable bonds is 5. The fourth-order valence-corrected chi connectivity index (χ4v) is 3.96. The van der Waals surface area contributed by atoms with E-state index in [2.05, 4.69) is 0 Å². The van der Waals surface area contributed by atoms with E-state index in [-0.39, 0.29) is 23.4 Å². The molecule has 1 aromatic rings. The molecule has 0 bridgehead atoms. The van der Waals surface area contributed by atoms with E-state index in [9.17, 15) is 8.42 Å². The SMILES string of the molecule is COc1ccc(CO)cc1S(=O)(=O)N1CCC(OC)C1. The predicted molar refractivity (Wildman–Crippen MR) is 73.1 cm³/mol. The molecule has 0 radical (unpaired) electrons. The average Bonchev–Trinajstić information content (AvgIpc) is 2.96. The van der Waals surface area contributed by atoms with Crippen LogP contribution in [0.4, 0.5) is 0 Å². The second kappa shape index (κ2) is 6.09. The van der Waals surface area contributed by atoms with Crippen molar-refractivity contribution >= 4 is 10.0 Å². The van der Waals surface area contributed by atoms with Crippen LogP contribution < -0.4 is 4.74 Å². The summed E-state index contributed by atoms with van der Waals surface area (Å²) in [6.45, 7) is 0.548. The van der Waals surface area contributed by atoms with E-state index in [0.29, 0.717) is 25.1 Å². The Kier molecular flexibility index (Phi) is 4.64. The van der Waals surface area contributed by atoms with Crippen molar-refractivity contribution in [2.24, 2.45) is 0 Å². The fourth-order valence-electron chi connectivity index (χ4n) is 2.27. The molecule has 112 valence electrons. The van der Waals surface area contributed by atoms with Gasteiger partial charge in [-0.05, 0) is 24.1 Å². The Morgan fingerprint density at radius 3 is 2.70 bits per heavy atom. The number of aliphatic hydroxyl groups excluding tert-OH is 1. The van der Waals surface area contributed by atoms with Crippen molar-refractivity contribution in [2.45, 2.75) is 24.0 Å². The van der Waals surface area contributed by atoms with Crippen LogP contribution in [0.25, 0.3) is 0 Å². The minimum absolute atomic E-state index is 0.0724. The molecule has 0 aliphatic carbocycles. The first-order valence-corrected chi connectivity index (χ1v) is 7.77. The van der Waals surface area contributed by atoms with Gasteiger partial charge in [-0.1, -0.05) is 6.07 Å². The van der Waals surface area contributed by atoms with Gasteiger partial charge in [-0.15, -0.1) is 0 Å². The van der Waals surface area contributed by atoms with Gasteiger partial charge in [0.25, 0.3) is 0 Å². The van der Waals surface area contributed by atoms with Gasteiger partial charge in [0.2, 0.25) is 10.0 Å². The van der Waals surface area contributed by atoms with E-state index < -0.39 is 10.0 Å². The highest BCUT2D eigenvalue weighted by molar-refractivity contribution is 7.89. The fraction of sp³-hybridized carbons (Fsp3) is 0.538. The van der Waals surface area contributed by atoms with E-state index in [1.54, 1.807) is 19.2 Å². The Bertz CT molecular complexity index is 572. The van der Waals surface area contributed by atoms with Crippen LogP contribution in [-0.2, 0) is 21.4 Å². The maximum absolute atomic E-state index is 12.7. The van der Waals surface area contributed by atoms with Crippen molar-refractivity contribution in [1.29, 1.82) is 0 Å². The second-order valence-electron chi connectivity index (χ2n) is 4.65. The summed E-state index contributed by atoms with van der Waals surface area (Å²) in [5, 5.41) is 9.17. The number of methoxy groups -OCH3 is 2. The molecule has 1 unspecified atom stereocenters. The van der Waals surface area contributed by atoms with Gasteiger partial charge < -0.3 is 14.6 Å². The zero-order valence-electron chi connectivity index (χ0n) is 11.6. The van der Waals surface area contributed by atoms with E-state index in [0.717, 1.165) is 0 Å². The van der Waals surface area contributed by atoms with Crippen LogP contribution in [0.3, 0.4) is 0 Å². The molecule has 1 aromatic carbocycles. The molecule has 1 fully saturated rings. The highest BCUT2D eigenvalue weighted by atomic mass is 32.2. The van der Waals surface area contributed by atoms with Gasteiger partial charge in [0, 0.05) is 20.2 Å². The van der Waals surface area contributed by atoms with Gasteiger partial charge in [0.15, 0.2) is 0 Å². The quantitative estimate of drug-likeness (QED) is 0.862. The first-order valence-electron chi connectivity index (χ1n) is 6.33. The molecule has 1 atom stereocenters. The smallest absolute Gasteiger partial charge is 0.246 e. The topological polar surface area (TPSA) is 76.1 Å². The zero-order valence-corrected chi connectivity index (χ0v) is 12.4. The summed E-state index contributed by atoms with van der Waals surface area (Å²) < 4.78 is 37.0. The zero-order chi connectivity index (χ0) is 14.8. The lowest BCUT2D eigenvalue weighted by atomic mass is 10.2. The van der Waals surface area contributed by atoms with Crippen LogP contribution in [0.2, 0.25) is 0 Å². The lowest BCUT2D eigenvalue weighted by Crippen LogP contribution is -2.30. The van der Waals surface area contributed by atoms with E-state index >= 15 is 0 Å². The van der Waals surface area contributed by atoms with Crippen molar-refractivity contribution in [3.63, 3.8) is 0 Å². The lowest BCUT2D eigenvalue weighted by molar-refractivity contribution is 0.115. The number of nitrogens with zero attached hydrogens (tertiary/aromatic N) is 1. The summed E-state index contributed by atoms with van der Waals surface area (Å²) in [5.41, 5.74) is 0.534. The summed E-state index contributed by atoms with van der Waals surface area (Å²) in [6, 6.07) is 4.65. The van der Waals surface area contributed by atoms with Gasteiger partial charge >= 0.3 is 0 Å². The molecule has 2 rings (SSSR count). The highest BCUT2D eigenvalue weighted by Gasteiger charge is 2.34. The first-order chi connectivity index (χ1) is 9.52. The number of benzene rings is 1. The minimum Gasteiger partial charge on any atom is -0.495 e. The number of hydrogen-bond donors (Lipinski definition) is 1. The molecule has 1 aliphatic heterocycles. The molecule has 0 saturated carbocycles. The van der Waals surface area contributed by atoms with Crippen molar-refractivity contribution in [3.8, 4) is 5.75 Å². The summed E-state index contributed by atoms with van der Waals surface area (Å²) in [4.78, 5) is 0.0864. The van der Waals surface area contributed by atoms with Crippen molar-refractivity contribution in [2.75, 3.05) is 27.3 Å². The number of sulfonamides is 1. The number of aliphatic hydroxyl groups is 1. The number of ether oxygens (including phenoxy) is 2. The van der Waals surface area contributed by atoms with Crippen molar-refractivity contribution in [1.82, 2.24) is 4.31 Å². The Labute approximate surface area is 119 Å². The van der Waals surface area contributed by atoms with E-state index in [4.69, 9.17) is 14.6 Å². The largest absolute Gasteiger partial charge is 0.495 e. The molecule has 0 amide bonds. The molecule has 0 aromatic heterocycles. The molecular formula is C13H19NO5S. The average molecular weight is 301 g/mol. The van der Waals surface area contributed by atoms with Crippen molar-refractivity contribution in [3.05, 3.63) is 23.8 Å². The molecule has 6 nitrogen and oxygen atoms in total.